The number of aliphatic hydroxyl groups excluding tert-OH is 2. The quantitative estimate of drug-likeness (QED) is 0.346. The Hall–Kier alpha value is -1.46. The SMILES string of the molecule is CCCCCCCCc1ccc(C(C)C(CO)(CO)[N+](=O)[O-])cc1. The van der Waals surface area contributed by atoms with Crippen LogP contribution < -0.4 is 0 Å². The third-order valence-electron chi connectivity index (χ3n) is 5.02. The van der Waals surface area contributed by atoms with Crippen LogP contribution in [0.3, 0.4) is 0 Å². The lowest BCUT2D eigenvalue weighted by atomic mass is 9.81. The Kier molecular flexibility index (Phi) is 8.93. The van der Waals surface area contributed by atoms with Crippen molar-refractivity contribution in [3.05, 3.63) is 45.5 Å². The first kappa shape index (κ1) is 20.6. The molecule has 0 aliphatic heterocycles. The maximum atomic E-state index is 11.3. The number of aliphatic hydroxyl groups is 2. The van der Waals surface area contributed by atoms with Gasteiger partial charge in [0.2, 0.25) is 0 Å². The van der Waals surface area contributed by atoms with E-state index >= 15 is 0 Å². The van der Waals surface area contributed by atoms with Gasteiger partial charge in [0.15, 0.2) is 0 Å². The van der Waals surface area contributed by atoms with Gasteiger partial charge in [-0.25, -0.2) is 0 Å². The highest BCUT2D eigenvalue weighted by atomic mass is 16.6. The van der Waals surface area contributed by atoms with E-state index in [1.807, 2.05) is 24.3 Å². The summed E-state index contributed by atoms with van der Waals surface area (Å²) in [5, 5.41) is 30.2. The second-order valence-electron chi connectivity index (χ2n) is 6.66. The van der Waals surface area contributed by atoms with Gasteiger partial charge in [0, 0.05) is 4.92 Å². The van der Waals surface area contributed by atoms with Crippen molar-refractivity contribution in [3.63, 3.8) is 0 Å². The fourth-order valence-electron chi connectivity index (χ4n) is 2.99. The molecule has 5 nitrogen and oxygen atoms in total. The van der Waals surface area contributed by atoms with Crippen molar-refractivity contribution in [2.24, 2.45) is 0 Å². The summed E-state index contributed by atoms with van der Waals surface area (Å²) in [4.78, 5) is 10.7. The van der Waals surface area contributed by atoms with E-state index in [1.54, 1.807) is 6.92 Å². The van der Waals surface area contributed by atoms with Gasteiger partial charge >= 0.3 is 0 Å². The highest BCUT2D eigenvalue weighted by Crippen LogP contribution is 2.30. The van der Waals surface area contributed by atoms with Crippen molar-refractivity contribution in [1.29, 1.82) is 0 Å². The molecule has 1 aromatic rings. The average molecular weight is 337 g/mol. The third-order valence-corrected chi connectivity index (χ3v) is 5.02. The van der Waals surface area contributed by atoms with Crippen molar-refractivity contribution in [3.8, 4) is 0 Å². The highest BCUT2D eigenvalue weighted by molar-refractivity contribution is 5.27. The number of hydrogen-bond donors (Lipinski definition) is 2. The lowest BCUT2D eigenvalue weighted by Crippen LogP contribution is -2.50. The van der Waals surface area contributed by atoms with Crippen molar-refractivity contribution in [2.45, 2.75) is 70.3 Å². The predicted molar refractivity (Wildman–Crippen MR) is 95.8 cm³/mol. The normalized spacial score (nSPS) is 13.0. The van der Waals surface area contributed by atoms with E-state index in [1.165, 1.54) is 37.7 Å². The molecule has 0 saturated carbocycles. The minimum absolute atomic E-state index is 0.564. The molecule has 24 heavy (non-hydrogen) atoms. The molecule has 0 radical (unpaired) electrons. The Morgan fingerprint density at radius 2 is 1.58 bits per heavy atom. The largest absolute Gasteiger partial charge is 0.389 e. The smallest absolute Gasteiger partial charge is 0.273 e. The molecule has 0 aliphatic carbocycles. The lowest BCUT2D eigenvalue weighted by Gasteiger charge is -2.27. The van der Waals surface area contributed by atoms with Crippen LogP contribution in [0.2, 0.25) is 0 Å². The molecular weight excluding hydrogens is 306 g/mol. The van der Waals surface area contributed by atoms with Crippen LogP contribution in [0.5, 0.6) is 0 Å². The summed E-state index contributed by atoms with van der Waals surface area (Å²) in [6.07, 6.45) is 8.55. The number of nitro groups is 1. The molecule has 0 heterocycles. The molecule has 2 N–H and O–H groups in total. The monoisotopic (exact) mass is 337 g/mol. The van der Waals surface area contributed by atoms with Crippen molar-refractivity contribution in [1.82, 2.24) is 0 Å². The number of nitrogens with zero attached hydrogens (tertiary/aromatic N) is 1. The van der Waals surface area contributed by atoms with Gasteiger partial charge in [0.05, 0.1) is 5.92 Å². The summed E-state index contributed by atoms with van der Waals surface area (Å²) < 4.78 is 0. The van der Waals surface area contributed by atoms with Gasteiger partial charge in [-0.1, -0.05) is 70.2 Å². The van der Waals surface area contributed by atoms with E-state index < -0.39 is 29.6 Å². The molecule has 1 rings (SSSR count). The van der Waals surface area contributed by atoms with Crippen molar-refractivity contribution < 1.29 is 15.1 Å². The zero-order valence-corrected chi connectivity index (χ0v) is 14.9. The Morgan fingerprint density at radius 3 is 2.08 bits per heavy atom. The standard InChI is InChI=1S/C19H31NO4/c1-3-4-5-6-7-8-9-17-10-12-18(13-11-17)16(2)19(14-21,15-22)20(23)24/h10-13,16,21-22H,3-9,14-15H2,1-2H3. The lowest BCUT2D eigenvalue weighted by molar-refractivity contribution is -0.581. The van der Waals surface area contributed by atoms with Crippen LogP contribution in [0.15, 0.2) is 24.3 Å². The van der Waals surface area contributed by atoms with Crippen LogP contribution in [0.1, 0.15) is 69.4 Å². The molecule has 0 amide bonds. The molecule has 1 aromatic carbocycles. The molecule has 5 heteroatoms. The number of benzene rings is 1. The number of unbranched alkanes of at least 4 members (excludes halogenated alkanes) is 5. The molecule has 0 spiro atoms. The minimum atomic E-state index is -1.74. The Balaban J connectivity index is 2.61. The zero-order chi connectivity index (χ0) is 18.0. The van der Waals surface area contributed by atoms with E-state index in [2.05, 4.69) is 6.92 Å². The van der Waals surface area contributed by atoms with Crippen LogP contribution in [0, 0.1) is 10.1 Å². The average Bonchev–Trinajstić information content (AvgIpc) is 2.59. The maximum absolute atomic E-state index is 11.3. The van der Waals surface area contributed by atoms with Gasteiger partial charge in [-0.3, -0.25) is 10.1 Å². The third kappa shape index (κ3) is 5.28. The van der Waals surface area contributed by atoms with E-state index in [-0.39, 0.29) is 0 Å². The fourth-order valence-corrected chi connectivity index (χ4v) is 2.99. The van der Waals surface area contributed by atoms with Gasteiger partial charge in [-0.15, -0.1) is 0 Å². The number of rotatable bonds is 12. The van der Waals surface area contributed by atoms with Gasteiger partial charge in [-0.05, 0) is 24.0 Å². The van der Waals surface area contributed by atoms with Crippen LogP contribution >= 0.6 is 0 Å². The predicted octanol–water partition coefficient (Wildman–Crippen LogP) is 3.69. The van der Waals surface area contributed by atoms with E-state index in [4.69, 9.17) is 0 Å². The summed E-state index contributed by atoms with van der Waals surface area (Å²) in [5.74, 6) is -0.564. The van der Waals surface area contributed by atoms with E-state index in [9.17, 15) is 20.3 Å². The van der Waals surface area contributed by atoms with Crippen LogP contribution in [-0.2, 0) is 6.42 Å². The van der Waals surface area contributed by atoms with E-state index in [0.717, 1.165) is 18.4 Å². The summed E-state index contributed by atoms with van der Waals surface area (Å²) in [5.41, 5.74) is 0.253. The fraction of sp³-hybridized carbons (Fsp3) is 0.684. The number of aryl methyl sites for hydroxylation is 1. The second-order valence-corrected chi connectivity index (χ2v) is 6.66. The zero-order valence-electron chi connectivity index (χ0n) is 14.9. The Morgan fingerprint density at radius 1 is 1.04 bits per heavy atom. The van der Waals surface area contributed by atoms with Crippen molar-refractivity contribution >= 4 is 0 Å². The van der Waals surface area contributed by atoms with E-state index in [0.29, 0.717) is 0 Å². The minimum Gasteiger partial charge on any atom is -0.389 e. The molecule has 136 valence electrons. The van der Waals surface area contributed by atoms with Crippen LogP contribution in [0.25, 0.3) is 0 Å². The van der Waals surface area contributed by atoms with Gasteiger partial charge in [0.25, 0.3) is 5.54 Å². The van der Waals surface area contributed by atoms with Gasteiger partial charge in [-0.2, -0.15) is 0 Å². The summed E-state index contributed by atoms with van der Waals surface area (Å²) >= 11 is 0. The molecule has 0 saturated heterocycles. The van der Waals surface area contributed by atoms with Crippen molar-refractivity contribution in [2.75, 3.05) is 13.2 Å². The first-order chi connectivity index (χ1) is 11.5. The molecular formula is C19H31NO4. The summed E-state index contributed by atoms with van der Waals surface area (Å²) in [7, 11) is 0. The van der Waals surface area contributed by atoms with Crippen LogP contribution in [0.4, 0.5) is 0 Å². The molecule has 0 aliphatic rings. The molecule has 0 aromatic heterocycles. The van der Waals surface area contributed by atoms with Gasteiger partial charge < -0.3 is 10.2 Å². The first-order valence-corrected chi connectivity index (χ1v) is 8.97. The van der Waals surface area contributed by atoms with Crippen LogP contribution in [-0.4, -0.2) is 33.9 Å². The molecule has 1 atom stereocenters. The molecule has 0 fully saturated rings. The Labute approximate surface area is 144 Å². The first-order valence-electron chi connectivity index (χ1n) is 8.97. The maximum Gasteiger partial charge on any atom is 0.273 e. The van der Waals surface area contributed by atoms with Gasteiger partial charge in [0.1, 0.15) is 13.2 Å². The molecule has 1 unspecified atom stereocenters. The highest BCUT2D eigenvalue weighted by Gasteiger charge is 2.48. The summed E-state index contributed by atoms with van der Waals surface area (Å²) in [6.45, 7) is 2.52. The topological polar surface area (TPSA) is 83.6 Å². The molecule has 0 bridgehead atoms. The number of hydrogen-bond acceptors (Lipinski definition) is 4. The Bertz CT molecular complexity index is 483. The summed E-state index contributed by atoms with van der Waals surface area (Å²) in [6, 6.07) is 7.75. The second kappa shape index (κ2) is 10.4.